The Labute approximate surface area is 113 Å². The van der Waals surface area contributed by atoms with E-state index in [1.165, 1.54) is 0 Å². The molecule has 0 amide bonds. The maximum absolute atomic E-state index is 12.1. The first-order chi connectivity index (χ1) is 9.03. The Bertz CT molecular complexity index is 447. The van der Waals surface area contributed by atoms with Gasteiger partial charge < -0.3 is 19.5 Å². The highest BCUT2D eigenvalue weighted by Crippen LogP contribution is 2.33. The molecular formula is C14H21NO4. The van der Waals surface area contributed by atoms with Crippen molar-refractivity contribution in [1.29, 1.82) is 0 Å². The van der Waals surface area contributed by atoms with Gasteiger partial charge in [0.1, 0.15) is 17.0 Å². The number of methoxy groups -OCH3 is 2. The van der Waals surface area contributed by atoms with Gasteiger partial charge in [-0.25, -0.2) is 4.79 Å². The summed E-state index contributed by atoms with van der Waals surface area (Å²) in [4.78, 5) is 12.1. The number of hydrogen-bond donors (Lipinski definition) is 1. The topological polar surface area (TPSA) is 56.8 Å². The van der Waals surface area contributed by atoms with Crippen LogP contribution in [0.4, 0.5) is 0 Å². The lowest BCUT2D eigenvalue weighted by molar-refractivity contribution is -0.150. The fourth-order valence-electron chi connectivity index (χ4n) is 1.83. The molecule has 0 spiro atoms. The highest BCUT2D eigenvalue weighted by atomic mass is 16.5. The zero-order valence-corrected chi connectivity index (χ0v) is 12.1. The molecular weight excluding hydrogens is 246 g/mol. The first kappa shape index (κ1) is 15.3. The van der Waals surface area contributed by atoms with Gasteiger partial charge in [0, 0.05) is 11.6 Å². The van der Waals surface area contributed by atoms with E-state index in [9.17, 15) is 4.79 Å². The average molecular weight is 267 g/mol. The Balaban J connectivity index is 3.27. The van der Waals surface area contributed by atoms with Crippen molar-refractivity contribution >= 4 is 5.97 Å². The molecule has 5 heteroatoms. The van der Waals surface area contributed by atoms with Crippen molar-refractivity contribution in [3.8, 4) is 11.5 Å². The molecule has 1 rings (SSSR count). The van der Waals surface area contributed by atoms with Gasteiger partial charge in [-0.2, -0.15) is 0 Å². The standard InChI is InChI=1S/C14H21NO4/c1-6-19-13(16)14(2,15-3)11-8-7-10(17-4)9-12(11)18-5/h7-9,15H,6H2,1-5H3. The maximum Gasteiger partial charge on any atom is 0.330 e. The first-order valence-electron chi connectivity index (χ1n) is 6.12. The largest absolute Gasteiger partial charge is 0.497 e. The Morgan fingerprint density at radius 3 is 2.47 bits per heavy atom. The van der Waals surface area contributed by atoms with Crippen LogP contribution in [0.3, 0.4) is 0 Å². The van der Waals surface area contributed by atoms with Crippen LogP contribution in [0.5, 0.6) is 11.5 Å². The molecule has 0 aliphatic carbocycles. The lowest BCUT2D eigenvalue weighted by Crippen LogP contribution is -2.46. The molecule has 1 aromatic rings. The Morgan fingerprint density at radius 1 is 1.32 bits per heavy atom. The number of nitrogens with one attached hydrogen (secondary N) is 1. The van der Waals surface area contributed by atoms with Crippen LogP contribution in [-0.2, 0) is 15.1 Å². The van der Waals surface area contributed by atoms with E-state index in [1.807, 2.05) is 0 Å². The maximum atomic E-state index is 12.1. The summed E-state index contributed by atoms with van der Waals surface area (Å²) in [6, 6.07) is 5.32. The molecule has 0 fully saturated rings. The fraction of sp³-hybridized carbons (Fsp3) is 0.500. The molecule has 106 valence electrons. The van der Waals surface area contributed by atoms with E-state index in [0.29, 0.717) is 23.7 Å². The van der Waals surface area contributed by atoms with Crippen molar-refractivity contribution in [1.82, 2.24) is 5.32 Å². The quantitative estimate of drug-likeness (QED) is 0.795. The van der Waals surface area contributed by atoms with Gasteiger partial charge in [0.15, 0.2) is 0 Å². The number of carbonyl (C=O) groups is 1. The van der Waals surface area contributed by atoms with E-state index < -0.39 is 5.54 Å². The van der Waals surface area contributed by atoms with E-state index in [0.717, 1.165) is 0 Å². The SMILES string of the molecule is CCOC(=O)C(C)(NC)c1ccc(OC)cc1OC. The van der Waals surface area contributed by atoms with Crippen molar-refractivity contribution in [2.75, 3.05) is 27.9 Å². The van der Waals surface area contributed by atoms with Crippen LogP contribution >= 0.6 is 0 Å². The summed E-state index contributed by atoms with van der Waals surface area (Å²) >= 11 is 0. The van der Waals surface area contributed by atoms with Crippen molar-refractivity contribution in [3.63, 3.8) is 0 Å². The summed E-state index contributed by atoms with van der Waals surface area (Å²) in [7, 11) is 4.84. The average Bonchev–Trinajstić information content (AvgIpc) is 2.45. The molecule has 0 aromatic heterocycles. The number of carbonyl (C=O) groups excluding carboxylic acids is 1. The van der Waals surface area contributed by atoms with Gasteiger partial charge in [-0.1, -0.05) is 0 Å². The van der Waals surface area contributed by atoms with Gasteiger partial charge in [-0.15, -0.1) is 0 Å². The predicted octanol–water partition coefficient (Wildman–Crippen LogP) is 1.70. The van der Waals surface area contributed by atoms with Crippen molar-refractivity contribution < 1.29 is 19.0 Å². The molecule has 0 saturated carbocycles. The third-order valence-corrected chi connectivity index (χ3v) is 3.13. The highest BCUT2D eigenvalue weighted by Gasteiger charge is 2.37. The zero-order valence-electron chi connectivity index (χ0n) is 12.1. The second-order valence-electron chi connectivity index (χ2n) is 4.16. The van der Waals surface area contributed by atoms with E-state index in [4.69, 9.17) is 14.2 Å². The molecule has 0 saturated heterocycles. The number of esters is 1. The summed E-state index contributed by atoms with van der Waals surface area (Å²) in [5.41, 5.74) is -0.259. The Kier molecular flexibility index (Phi) is 5.18. The van der Waals surface area contributed by atoms with Gasteiger partial charge in [-0.3, -0.25) is 0 Å². The zero-order chi connectivity index (χ0) is 14.5. The highest BCUT2D eigenvalue weighted by molar-refractivity contribution is 5.83. The number of hydrogen-bond acceptors (Lipinski definition) is 5. The van der Waals surface area contributed by atoms with Crippen LogP contribution in [0.2, 0.25) is 0 Å². The van der Waals surface area contributed by atoms with Crippen LogP contribution in [-0.4, -0.2) is 33.8 Å². The molecule has 1 atom stereocenters. The van der Waals surface area contributed by atoms with Crippen LogP contribution in [0.1, 0.15) is 19.4 Å². The second kappa shape index (κ2) is 6.43. The van der Waals surface area contributed by atoms with Gasteiger partial charge in [-0.05, 0) is 33.0 Å². The summed E-state index contributed by atoms with van der Waals surface area (Å²) in [5, 5.41) is 3.00. The molecule has 5 nitrogen and oxygen atoms in total. The van der Waals surface area contributed by atoms with Crippen molar-refractivity contribution in [2.45, 2.75) is 19.4 Å². The van der Waals surface area contributed by atoms with Crippen molar-refractivity contribution in [3.05, 3.63) is 23.8 Å². The molecule has 19 heavy (non-hydrogen) atoms. The molecule has 0 heterocycles. The molecule has 0 aliphatic rings. The summed E-state index contributed by atoms with van der Waals surface area (Å²) in [6.45, 7) is 3.86. The minimum atomic E-state index is -0.965. The smallest absolute Gasteiger partial charge is 0.330 e. The van der Waals surface area contributed by atoms with Gasteiger partial charge >= 0.3 is 5.97 Å². The summed E-state index contributed by atoms with van der Waals surface area (Å²) in [6.07, 6.45) is 0. The van der Waals surface area contributed by atoms with E-state index in [-0.39, 0.29) is 5.97 Å². The van der Waals surface area contributed by atoms with E-state index >= 15 is 0 Å². The van der Waals surface area contributed by atoms with Crippen LogP contribution in [0.25, 0.3) is 0 Å². The molecule has 0 radical (unpaired) electrons. The van der Waals surface area contributed by atoms with Crippen LogP contribution in [0.15, 0.2) is 18.2 Å². The van der Waals surface area contributed by atoms with Gasteiger partial charge in [0.05, 0.1) is 20.8 Å². The third-order valence-electron chi connectivity index (χ3n) is 3.13. The Morgan fingerprint density at radius 2 is 2.00 bits per heavy atom. The molecule has 1 aromatic carbocycles. The number of benzene rings is 1. The van der Waals surface area contributed by atoms with E-state index in [1.54, 1.807) is 53.3 Å². The van der Waals surface area contributed by atoms with Crippen LogP contribution in [0, 0.1) is 0 Å². The number of ether oxygens (including phenoxy) is 3. The normalized spacial score (nSPS) is 13.5. The van der Waals surface area contributed by atoms with Crippen molar-refractivity contribution in [2.24, 2.45) is 0 Å². The third kappa shape index (κ3) is 2.98. The van der Waals surface area contributed by atoms with Gasteiger partial charge in [0.2, 0.25) is 0 Å². The summed E-state index contributed by atoms with van der Waals surface area (Å²) in [5.74, 6) is 0.896. The van der Waals surface area contributed by atoms with Crippen LogP contribution < -0.4 is 14.8 Å². The number of rotatable bonds is 6. The fourth-order valence-corrected chi connectivity index (χ4v) is 1.83. The second-order valence-corrected chi connectivity index (χ2v) is 4.16. The molecule has 1 unspecified atom stereocenters. The monoisotopic (exact) mass is 267 g/mol. The molecule has 0 aliphatic heterocycles. The van der Waals surface area contributed by atoms with E-state index in [2.05, 4.69) is 5.32 Å². The molecule has 1 N–H and O–H groups in total. The lowest BCUT2D eigenvalue weighted by atomic mass is 9.91. The Hall–Kier alpha value is -1.75. The first-order valence-corrected chi connectivity index (χ1v) is 6.12. The minimum Gasteiger partial charge on any atom is -0.497 e. The minimum absolute atomic E-state index is 0.328. The molecule has 0 bridgehead atoms. The lowest BCUT2D eigenvalue weighted by Gasteiger charge is -2.28. The summed E-state index contributed by atoms with van der Waals surface area (Å²) < 4.78 is 15.6. The predicted molar refractivity (Wildman–Crippen MR) is 72.6 cm³/mol. The van der Waals surface area contributed by atoms with Gasteiger partial charge in [0.25, 0.3) is 0 Å². The number of likely N-dealkylation sites (N-methyl/N-ethyl adjacent to an activating group) is 1.